The zero-order chi connectivity index (χ0) is 15.6. The number of nitrogens with one attached hydrogen (secondary N) is 1. The van der Waals surface area contributed by atoms with Gasteiger partial charge in [-0.2, -0.15) is 0 Å². The fraction of sp³-hybridized carbons (Fsp3) is 0.133. The molecule has 2 aromatic carbocycles. The van der Waals surface area contributed by atoms with Gasteiger partial charge in [-0.1, -0.05) is 12.1 Å². The number of carbonyl (C=O) groups is 1. The molecule has 0 aliphatic carbocycles. The molecule has 0 radical (unpaired) electrons. The number of nitro benzene ring substituents is 1. The first-order valence-corrected chi connectivity index (χ1v) is 6.25. The summed E-state index contributed by atoms with van der Waals surface area (Å²) in [6.07, 6.45) is 0. The largest absolute Gasteiger partial charge is 0.478 e. The Bertz CT molecular complexity index is 726. The molecule has 6 heteroatoms. The number of aromatic carboxylic acids is 1. The van der Waals surface area contributed by atoms with Crippen LogP contribution in [0.15, 0.2) is 36.4 Å². The van der Waals surface area contributed by atoms with Crippen molar-refractivity contribution in [3.05, 3.63) is 63.2 Å². The van der Waals surface area contributed by atoms with E-state index in [1.165, 1.54) is 18.2 Å². The molecule has 6 nitrogen and oxygen atoms in total. The predicted octanol–water partition coefficient (Wildman–Crippen LogP) is 3.65. The Balaban J connectivity index is 2.51. The minimum absolute atomic E-state index is 0.00611. The highest BCUT2D eigenvalue weighted by atomic mass is 16.6. The van der Waals surface area contributed by atoms with E-state index in [-0.39, 0.29) is 16.9 Å². The zero-order valence-corrected chi connectivity index (χ0v) is 11.6. The van der Waals surface area contributed by atoms with E-state index in [4.69, 9.17) is 5.11 Å². The minimum atomic E-state index is -1.13. The fourth-order valence-corrected chi connectivity index (χ4v) is 1.96. The van der Waals surface area contributed by atoms with Crippen LogP contribution in [0.3, 0.4) is 0 Å². The van der Waals surface area contributed by atoms with E-state index in [2.05, 4.69) is 5.32 Å². The quantitative estimate of drug-likeness (QED) is 0.661. The molecule has 0 aliphatic heterocycles. The molecule has 108 valence electrons. The van der Waals surface area contributed by atoms with Gasteiger partial charge in [0.15, 0.2) is 0 Å². The molecular weight excluding hydrogens is 272 g/mol. The van der Waals surface area contributed by atoms with Gasteiger partial charge < -0.3 is 10.4 Å². The molecule has 0 unspecified atom stereocenters. The van der Waals surface area contributed by atoms with Gasteiger partial charge in [-0.05, 0) is 43.2 Å². The Morgan fingerprint density at radius 2 is 1.90 bits per heavy atom. The lowest BCUT2D eigenvalue weighted by Gasteiger charge is -2.12. The molecular formula is C15H14N2O4. The number of nitrogens with zero attached hydrogens (tertiary/aromatic N) is 1. The van der Waals surface area contributed by atoms with Gasteiger partial charge in [0.1, 0.15) is 5.69 Å². The number of anilines is 2. The molecule has 0 aromatic heterocycles. The molecule has 2 aromatic rings. The lowest BCUT2D eigenvalue weighted by Crippen LogP contribution is -2.03. The topological polar surface area (TPSA) is 92.5 Å². The maximum atomic E-state index is 11.1. The molecule has 0 spiro atoms. The van der Waals surface area contributed by atoms with E-state index in [1.807, 2.05) is 26.0 Å². The highest BCUT2D eigenvalue weighted by Gasteiger charge is 2.17. The number of rotatable bonds is 4. The lowest BCUT2D eigenvalue weighted by molar-refractivity contribution is -0.383. The second-order valence-corrected chi connectivity index (χ2v) is 4.67. The first-order chi connectivity index (χ1) is 9.90. The second kappa shape index (κ2) is 5.62. The number of aryl methyl sites for hydroxylation is 1. The van der Waals surface area contributed by atoms with Crippen molar-refractivity contribution in [2.45, 2.75) is 13.8 Å². The summed E-state index contributed by atoms with van der Waals surface area (Å²) in [6, 6.07) is 9.23. The van der Waals surface area contributed by atoms with Crippen molar-refractivity contribution in [2.24, 2.45) is 0 Å². The summed E-state index contributed by atoms with van der Waals surface area (Å²) in [6.45, 7) is 3.83. The summed E-state index contributed by atoms with van der Waals surface area (Å²) in [5.74, 6) is -1.13. The predicted molar refractivity (Wildman–Crippen MR) is 79.3 cm³/mol. The zero-order valence-electron chi connectivity index (χ0n) is 11.6. The first-order valence-electron chi connectivity index (χ1n) is 6.25. The van der Waals surface area contributed by atoms with Crippen LogP contribution in [-0.4, -0.2) is 16.0 Å². The molecule has 0 saturated heterocycles. The summed E-state index contributed by atoms with van der Waals surface area (Å²) in [5, 5.41) is 23.0. The third kappa shape index (κ3) is 3.00. The SMILES string of the molecule is Cc1cccc(Nc2cc(C(=O)O)ccc2[N+](=O)[O-])c1C. The summed E-state index contributed by atoms with van der Waals surface area (Å²) >= 11 is 0. The molecule has 0 amide bonds. The van der Waals surface area contributed by atoms with Gasteiger partial charge in [0.05, 0.1) is 10.5 Å². The van der Waals surface area contributed by atoms with Gasteiger partial charge in [-0.25, -0.2) is 4.79 Å². The van der Waals surface area contributed by atoms with Gasteiger partial charge in [0.2, 0.25) is 0 Å². The molecule has 0 atom stereocenters. The van der Waals surface area contributed by atoms with Crippen LogP contribution in [0, 0.1) is 24.0 Å². The molecule has 0 aliphatic rings. The minimum Gasteiger partial charge on any atom is -0.478 e. The number of hydrogen-bond acceptors (Lipinski definition) is 4. The van der Waals surface area contributed by atoms with Crippen LogP contribution in [0.5, 0.6) is 0 Å². The summed E-state index contributed by atoms with van der Waals surface area (Å²) in [7, 11) is 0. The van der Waals surface area contributed by atoms with Crippen molar-refractivity contribution in [2.75, 3.05) is 5.32 Å². The van der Waals surface area contributed by atoms with E-state index < -0.39 is 10.9 Å². The molecule has 0 bridgehead atoms. The molecule has 0 fully saturated rings. The van der Waals surface area contributed by atoms with Crippen molar-refractivity contribution in [1.82, 2.24) is 0 Å². The summed E-state index contributed by atoms with van der Waals surface area (Å²) in [4.78, 5) is 21.5. The molecule has 2 rings (SSSR count). The van der Waals surface area contributed by atoms with Gasteiger partial charge >= 0.3 is 5.97 Å². The van der Waals surface area contributed by atoms with Gasteiger partial charge in [0.25, 0.3) is 5.69 Å². The summed E-state index contributed by atoms with van der Waals surface area (Å²) in [5.41, 5.74) is 2.69. The number of benzene rings is 2. The Morgan fingerprint density at radius 3 is 2.52 bits per heavy atom. The van der Waals surface area contributed by atoms with Crippen LogP contribution in [0.1, 0.15) is 21.5 Å². The fourth-order valence-electron chi connectivity index (χ4n) is 1.96. The Hall–Kier alpha value is -2.89. The average molecular weight is 286 g/mol. The van der Waals surface area contributed by atoms with E-state index in [1.54, 1.807) is 6.07 Å². The maximum Gasteiger partial charge on any atom is 0.335 e. The lowest BCUT2D eigenvalue weighted by atomic mass is 10.1. The van der Waals surface area contributed by atoms with Gasteiger partial charge in [-0.15, -0.1) is 0 Å². The van der Waals surface area contributed by atoms with Crippen LogP contribution in [0.2, 0.25) is 0 Å². The monoisotopic (exact) mass is 286 g/mol. The highest BCUT2D eigenvalue weighted by Crippen LogP contribution is 2.30. The van der Waals surface area contributed by atoms with Crippen LogP contribution < -0.4 is 5.32 Å². The smallest absolute Gasteiger partial charge is 0.335 e. The standard InChI is InChI=1S/C15H14N2O4/c1-9-4-3-5-12(10(9)2)16-13-8-11(15(18)19)6-7-14(13)17(20)21/h3-8,16H,1-2H3,(H,18,19). The van der Waals surface area contributed by atoms with Crippen LogP contribution >= 0.6 is 0 Å². The third-order valence-corrected chi connectivity index (χ3v) is 3.31. The van der Waals surface area contributed by atoms with Gasteiger partial charge in [-0.3, -0.25) is 10.1 Å². The average Bonchev–Trinajstić information content (AvgIpc) is 2.43. The van der Waals surface area contributed by atoms with Crippen molar-refractivity contribution in [3.63, 3.8) is 0 Å². The molecule has 2 N–H and O–H groups in total. The van der Waals surface area contributed by atoms with Crippen LogP contribution in [0.4, 0.5) is 17.1 Å². The van der Waals surface area contributed by atoms with E-state index in [9.17, 15) is 14.9 Å². The highest BCUT2D eigenvalue weighted by molar-refractivity contribution is 5.90. The Kier molecular flexibility index (Phi) is 3.89. The second-order valence-electron chi connectivity index (χ2n) is 4.67. The Labute approximate surface area is 121 Å². The van der Waals surface area contributed by atoms with E-state index in [0.717, 1.165) is 11.1 Å². The molecule has 0 saturated carbocycles. The van der Waals surface area contributed by atoms with Crippen LogP contribution in [0.25, 0.3) is 0 Å². The van der Waals surface area contributed by atoms with E-state index >= 15 is 0 Å². The Morgan fingerprint density at radius 1 is 1.19 bits per heavy atom. The van der Waals surface area contributed by atoms with Crippen LogP contribution in [-0.2, 0) is 0 Å². The van der Waals surface area contributed by atoms with Crippen molar-refractivity contribution >= 4 is 23.0 Å². The normalized spacial score (nSPS) is 10.2. The van der Waals surface area contributed by atoms with E-state index in [0.29, 0.717) is 5.69 Å². The third-order valence-electron chi connectivity index (χ3n) is 3.31. The first kappa shape index (κ1) is 14.5. The van der Waals surface area contributed by atoms with Crippen molar-refractivity contribution in [3.8, 4) is 0 Å². The maximum absolute atomic E-state index is 11.1. The molecule has 21 heavy (non-hydrogen) atoms. The van der Waals surface area contributed by atoms with Crippen molar-refractivity contribution in [1.29, 1.82) is 0 Å². The summed E-state index contributed by atoms with van der Waals surface area (Å²) < 4.78 is 0. The molecule has 0 heterocycles. The number of carboxylic acid groups (broad SMARTS) is 1. The number of hydrogen-bond donors (Lipinski definition) is 2. The number of carboxylic acids is 1. The number of nitro groups is 1. The van der Waals surface area contributed by atoms with Gasteiger partial charge in [0, 0.05) is 11.8 Å². The van der Waals surface area contributed by atoms with Crippen molar-refractivity contribution < 1.29 is 14.8 Å².